The van der Waals surface area contributed by atoms with Crippen LogP contribution in [0.15, 0.2) is 12.4 Å². The van der Waals surface area contributed by atoms with Crippen molar-refractivity contribution in [1.82, 2.24) is 9.97 Å². The Bertz CT molecular complexity index is 420. The molecule has 3 heterocycles. The van der Waals surface area contributed by atoms with Crippen LogP contribution in [0.5, 0.6) is 0 Å². The Balaban J connectivity index is 1.72. The summed E-state index contributed by atoms with van der Waals surface area (Å²) in [5.74, 6) is 2.46. The minimum atomic E-state index is 0.278. The predicted molar refractivity (Wildman–Crippen MR) is 75.5 cm³/mol. The van der Waals surface area contributed by atoms with Crippen molar-refractivity contribution in [3.8, 4) is 0 Å². The Labute approximate surface area is 114 Å². The zero-order valence-electron chi connectivity index (χ0n) is 11.3. The Morgan fingerprint density at radius 3 is 2.47 bits per heavy atom. The first-order valence-corrected chi connectivity index (χ1v) is 7.29. The van der Waals surface area contributed by atoms with Crippen molar-refractivity contribution in [3.63, 3.8) is 0 Å². The molecule has 0 amide bonds. The molecule has 1 aromatic rings. The number of rotatable bonds is 3. The van der Waals surface area contributed by atoms with E-state index in [1.807, 2.05) is 0 Å². The van der Waals surface area contributed by atoms with Crippen LogP contribution >= 0.6 is 0 Å². The standard InChI is InChI=1S/C14H22N4O/c19-10-12-4-7-18(9-12)14-8-13(15-11-16-14)17-5-2-1-3-6-17/h8,11-12,19H,1-7,9-10H2. The van der Waals surface area contributed by atoms with Crippen LogP contribution < -0.4 is 9.80 Å². The molecule has 2 aliphatic heterocycles. The summed E-state index contributed by atoms with van der Waals surface area (Å²) in [4.78, 5) is 13.4. The zero-order chi connectivity index (χ0) is 13.1. The van der Waals surface area contributed by atoms with Gasteiger partial charge in [-0.1, -0.05) is 0 Å². The second-order valence-electron chi connectivity index (χ2n) is 5.57. The number of nitrogens with zero attached hydrogens (tertiary/aromatic N) is 4. The topological polar surface area (TPSA) is 52.5 Å². The first kappa shape index (κ1) is 12.7. The van der Waals surface area contributed by atoms with Crippen LogP contribution in [0.1, 0.15) is 25.7 Å². The second-order valence-corrected chi connectivity index (χ2v) is 5.57. The highest BCUT2D eigenvalue weighted by molar-refractivity contribution is 5.50. The van der Waals surface area contributed by atoms with Crippen LogP contribution in [0.4, 0.5) is 11.6 Å². The third-order valence-electron chi connectivity index (χ3n) is 4.19. The molecular weight excluding hydrogens is 240 g/mol. The van der Waals surface area contributed by atoms with Gasteiger partial charge in [-0.2, -0.15) is 0 Å². The summed E-state index contributed by atoms with van der Waals surface area (Å²) in [6.45, 7) is 4.39. The molecule has 19 heavy (non-hydrogen) atoms. The van der Waals surface area contributed by atoms with Crippen molar-refractivity contribution in [2.75, 3.05) is 42.6 Å². The largest absolute Gasteiger partial charge is 0.396 e. The monoisotopic (exact) mass is 262 g/mol. The van der Waals surface area contributed by atoms with Gasteiger partial charge in [-0.15, -0.1) is 0 Å². The van der Waals surface area contributed by atoms with E-state index < -0.39 is 0 Å². The lowest BCUT2D eigenvalue weighted by Gasteiger charge is -2.28. The van der Waals surface area contributed by atoms with Gasteiger partial charge in [-0.25, -0.2) is 9.97 Å². The maximum absolute atomic E-state index is 9.22. The fraction of sp³-hybridized carbons (Fsp3) is 0.714. The van der Waals surface area contributed by atoms with E-state index in [4.69, 9.17) is 0 Å². The molecule has 1 unspecified atom stereocenters. The average molecular weight is 262 g/mol. The third kappa shape index (κ3) is 2.81. The van der Waals surface area contributed by atoms with E-state index in [-0.39, 0.29) is 6.61 Å². The first-order chi connectivity index (χ1) is 9.36. The van der Waals surface area contributed by atoms with Crippen LogP contribution in [-0.4, -0.2) is 47.9 Å². The number of aliphatic hydroxyl groups is 1. The molecule has 2 fully saturated rings. The van der Waals surface area contributed by atoms with Gasteiger partial charge in [0.2, 0.25) is 0 Å². The Morgan fingerprint density at radius 2 is 1.79 bits per heavy atom. The van der Waals surface area contributed by atoms with Gasteiger partial charge in [0.25, 0.3) is 0 Å². The molecule has 0 bridgehead atoms. The van der Waals surface area contributed by atoms with Gasteiger partial charge < -0.3 is 14.9 Å². The van der Waals surface area contributed by atoms with Gasteiger partial charge in [-0.3, -0.25) is 0 Å². The maximum atomic E-state index is 9.22. The summed E-state index contributed by atoms with van der Waals surface area (Å²) in [7, 11) is 0. The molecule has 0 aromatic carbocycles. The molecule has 2 aliphatic rings. The molecule has 1 atom stereocenters. The minimum absolute atomic E-state index is 0.278. The Morgan fingerprint density at radius 1 is 1.05 bits per heavy atom. The van der Waals surface area contributed by atoms with Gasteiger partial charge >= 0.3 is 0 Å². The highest BCUT2D eigenvalue weighted by atomic mass is 16.3. The van der Waals surface area contributed by atoms with Gasteiger partial charge in [0, 0.05) is 44.8 Å². The summed E-state index contributed by atoms with van der Waals surface area (Å²) in [5, 5.41) is 9.22. The molecule has 5 nitrogen and oxygen atoms in total. The van der Waals surface area contributed by atoms with E-state index >= 15 is 0 Å². The quantitative estimate of drug-likeness (QED) is 0.889. The molecule has 1 N–H and O–H groups in total. The number of aromatic nitrogens is 2. The average Bonchev–Trinajstić information content (AvgIpc) is 2.97. The van der Waals surface area contributed by atoms with E-state index in [9.17, 15) is 5.11 Å². The van der Waals surface area contributed by atoms with E-state index in [1.165, 1.54) is 19.3 Å². The number of hydrogen-bond donors (Lipinski definition) is 1. The van der Waals surface area contributed by atoms with Gasteiger partial charge in [0.15, 0.2) is 0 Å². The Hall–Kier alpha value is -1.36. The van der Waals surface area contributed by atoms with Crippen LogP contribution in [-0.2, 0) is 0 Å². The normalized spacial score (nSPS) is 23.9. The summed E-state index contributed by atoms with van der Waals surface area (Å²) >= 11 is 0. The second kappa shape index (κ2) is 5.74. The van der Waals surface area contributed by atoms with Crippen molar-refractivity contribution in [3.05, 3.63) is 12.4 Å². The lowest BCUT2D eigenvalue weighted by atomic mass is 10.1. The lowest BCUT2D eigenvalue weighted by Crippen LogP contribution is -2.30. The van der Waals surface area contributed by atoms with Crippen LogP contribution in [0, 0.1) is 5.92 Å². The summed E-state index contributed by atoms with van der Waals surface area (Å²) in [6.07, 6.45) is 6.58. The number of piperidine rings is 1. The van der Waals surface area contributed by atoms with Gasteiger partial charge in [0.1, 0.15) is 18.0 Å². The fourth-order valence-electron chi connectivity index (χ4n) is 3.00. The number of hydrogen-bond acceptors (Lipinski definition) is 5. The number of aliphatic hydroxyl groups excluding tert-OH is 1. The van der Waals surface area contributed by atoms with Crippen LogP contribution in [0.3, 0.4) is 0 Å². The van der Waals surface area contributed by atoms with E-state index in [0.29, 0.717) is 5.92 Å². The summed E-state index contributed by atoms with van der Waals surface area (Å²) in [5.41, 5.74) is 0. The van der Waals surface area contributed by atoms with Gasteiger partial charge in [0.05, 0.1) is 0 Å². The lowest BCUT2D eigenvalue weighted by molar-refractivity contribution is 0.238. The van der Waals surface area contributed by atoms with Crippen molar-refractivity contribution in [2.45, 2.75) is 25.7 Å². The third-order valence-corrected chi connectivity index (χ3v) is 4.19. The molecule has 2 saturated heterocycles. The molecule has 0 radical (unpaired) electrons. The van der Waals surface area contributed by atoms with Crippen molar-refractivity contribution in [2.24, 2.45) is 5.92 Å². The highest BCUT2D eigenvalue weighted by Gasteiger charge is 2.23. The highest BCUT2D eigenvalue weighted by Crippen LogP contribution is 2.25. The molecule has 0 saturated carbocycles. The van der Waals surface area contributed by atoms with Crippen molar-refractivity contribution in [1.29, 1.82) is 0 Å². The molecule has 5 heteroatoms. The van der Waals surface area contributed by atoms with Crippen LogP contribution in [0.25, 0.3) is 0 Å². The summed E-state index contributed by atoms with van der Waals surface area (Å²) in [6, 6.07) is 2.10. The molecular formula is C14H22N4O. The van der Waals surface area contributed by atoms with E-state index in [1.54, 1.807) is 6.33 Å². The first-order valence-electron chi connectivity index (χ1n) is 7.29. The van der Waals surface area contributed by atoms with E-state index in [0.717, 1.165) is 44.2 Å². The molecule has 0 aliphatic carbocycles. The summed E-state index contributed by atoms with van der Waals surface area (Å²) < 4.78 is 0. The fourth-order valence-corrected chi connectivity index (χ4v) is 3.00. The van der Waals surface area contributed by atoms with Crippen LogP contribution in [0.2, 0.25) is 0 Å². The minimum Gasteiger partial charge on any atom is -0.396 e. The number of anilines is 2. The van der Waals surface area contributed by atoms with E-state index in [2.05, 4.69) is 25.8 Å². The SMILES string of the molecule is OCC1CCN(c2cc(N3CCCCC3)ncn2)C1. The Kier molecular flexibility index (Phi) is 3.82. The molecule has 1 aromatic heterocycles. The molecule has 3 rings (SSSR count). The predicted octanol–water partition coefficient (Wildman–Crippen LogP) is 1.29. The molecule has 104 valence electrons. The molecule has 0 spiro atoms. The van der Waals surface area contributed by atoms with Crippen molar-refractivity contribution >= 4 is 11.6 Å². The smallest absolute Gasteiger partial charge is 0.134 e. The van der Waals surface area contributed by atoms with Crippen molar-refractivity contribution < 1.29 is 5.11 Å². The van der Waals surface area contributed by atoms with Gasteiger partial charge in [-0.05, 0) is 25.7 Å². The maximum Gasteiger partial charge on any atom is 0.134 e. The zero-order valence-corrected chi connectivity index (χ0v) is 11.3.